The van der Waals surface area contributed by atoms with Gasteiger partial charge in [0.25, 0.3) is 0 Å². The Labute approximate surface area is 382 Å². The van der Waals surface area contributed by atoms with Gasteiger partial charge in [0.1, 0.15) is 21.4 Å². The summed E-state index contributed by atoms with van der Waals surface area (Å²) in [6.45, 7) is 10.9. The highest BCUT2D eigenvalue weighted by atomic mass is 35.5. The fraction of sp³-hybridized carbons (Fsp3) is 0.500. The van der Waals surface area contributed by atoms with Crippen LogP contribution in [0.1, 0.15) is 79.1 Å². The largest absolute Gasteiger partial charge is 0.396 e. The lowest BCUT2D eigenvalue weighted by atomic mass is 9.84. The second kappa shape index (κ2) is 16.7. The highest BCUT2D eigenvalue weighted by Crippen LogP contribution is 3.02. The number of benzene rings is 2. The van der Waals surface area contributed by atoms with Gasteiger partial charge >= 0.3 is 20.4 Å². The van der Waals surface area contributed by atoms with Crippen molar-refractivity contribution >= 4 is 61.0 Å². The minimum absolute atomic E-state index is 0.0301. The quantitative estimate of drug-likeness (QED) is 0.0771. The van der Waals surface area contributed by atoms with E-state index in [9.17, 15) is 56.4 Å². The average Bonchev–Trinajstić information content (AvgIpc) is 3.86. The van der Waals surface area contributed by atoms with Crippen molar-refractivity contribution in [2.24, 2.45) is 0 Å². The van der Waals surface area contributed by atoms with Crippen molar-refractivity contribution in [3.63, 3.8) is 0 Å². The maximum Gasteiger partial charge on any atom is 0.310 e. The Morgan fingerprint density at radius 3 is 1.55 bits per heavy atom. The molecule has 6 heterocycles. The molecule has 5 N–H and O–H groups in total. The molecular weight excluding hydrogens is 986 g/mol. The molecule has 27 heteroatoms. The lowest BCUT2D eigenvalue weighted by Gasteiger charge is -2.47. The topological polar surface area (TPSA) is 120 Å². The van der Waals surface area contributed by atoms with Gasteiger partial charge in [-0.15, -0.1) is 0 Å². The summed E-state index contributed by atoms with van der Waals surface area (Å²) in [6.07, 6.45) is 9.97. The molecular formula is C40H49ClF14N10S2. The van der Waals surface area contributed by atoms with Crippen LogP contribution in [0.4, 0.5) is 85.4 Å². The third-order valence-electron chi connectivity index (χ3n) is 12.1. The van der Waals surface area contributed by atoms with Crippen molar-refractivity contribution in [3.05, 3.63) is 77.3 Å². The first-order valence-electron chi connectivity index (χ1n) is 20.7. The molecule has 376 valence electrons. The Balaban J connectivity index is 0.000000184. The fourth-order valence-corrected chi connectivity index (χ4v) is 10.8. The molecule has 4 saturated heterocycles. The van der Waals surface area contributed by atoms with Crippen molar-refractivity contribution in [3.8, 4) is 0 Å². The summed E-state index contributed by atoms with van der Waals surface area (Å²) in [7, 11) is -19.8. The lowest BCUT2D eigenvalue weighted by molar-refractivity contribution is 0.0498. The minimum atomic E-state index is -10.0. The summed E-state index contributed by atoms with van der Waals surface area (Å²) in [5, 5.41) is 8.47. The highest BCUT2D eigenvalue weighted by Gasteiger charge is 2.66. The number of fused-ring (bicyclic) bond motifs is 2. The third kappa shape index (κ3) is 13.1. The first-order chi connectivity index (χ1) is 30.4. The van der Waals surface area contributed by atoms with E-state index in [1.807, 2.05) is 0 Å². The summed E-state index contributed by atoms with van der Waals surface area (Å²) in [6, 6.07) is 1.35. The van der Waals surface area contributed by atoms with E-state index in [-0.39, 0.29) is 76.5 Å². The Morgan fingerprint density at radius 2 is 1.07 bits per heavy atom. The first kappa shape index (κ1) is 52.1. The molecule has 2 aromatic carbocycles. The summed E-state index contributed by atoms with van der Waals surface area (Å²) < 4.78 is 180. The van der Waals surface area contributed by atoms with E-state index < -0.39 is 70.8 Å². The van der Waals surface area contributed by atoms with E-state index in [0.717, 1.165) is 51.0 Å². The molecule has 4 aromatic rings. The molecule has 0 unspecified atom stereocenters. The number of nitrogens with two attached hydrogens (primary N) is 1. The van der Waals surface area contributed by atoms with Gasteiger partial charge in [0, 0.05) is 35.2 Å². The molecule has 10 nitrogen and oxygen atoms in total. The monoisotopic (exact) mass is 1030 g/mol. The number of rotatable bonds is 8. The van der Waals surface area contributed by atoms with Crippen LogP contribution in [0.25, 0.3) is 0 Å². The van der Waals surface area contributed by atoms with E-state index in [0.29, 0.717) is 18.5 Å². The Kier molecular flexibility index (Phi) is 13.0. The van der Waals surface area contributed by atoms with Crippen molar-refractivity contribution in [2.45, 2.75) is 124 Å². The molecule has 0 aliphatic carbocycles. The summed E-state index contributed by atoms with van der Waals surface area (Å²) in [5.41, 5.74) is 2.91. The molecule has 0 radical (unpaired) electrons. The summed E-state index contributed by atoms with van der Waals surface area (Å²) in [5.74, 6) is -4.06. The number of aromatic nitrogens is 4. The van der Waals surface area contributed by atoms with Crippen LogP contribution in [0.15, 0.2) is 58.6 Å². The number of nitrogens with zero attached hydrogens (tertiary/aromatic N) is 6. The molecule has 0 bridgehead atoms. The third-order valence-corrected chi connectivity index (χ3v) is 14.6. The molecule has 0 saturated carbocycles. The second-order valence-electron chi connectivity index (χ2n) is 18.3. The second-order valence-corrected chi connectivity index (χ2v) is 23.4. The number of halogens is 15. The summed E-state index contributed by atoms with van der Waals surface area (Å²) >= 11 is 5.74. The summed E-state index contributed by atoms with van der Waals surface area (Å²) in [4.78, 5) is 15.7. The number of hydrogen-bond donors (Lipinski definition) is 4. The van der Waals surface area contributed by atoms with Crippen molar-refractivity contribution in [1.82, 2.24) is 29.7 Å². The molecule has 8 rings (SSSR count). The van der Waals surface area contributed by atoms with Crippen LogP contribution in [0.5, 0.6) is 0 Å². The average molecular weight is 1040 g/mol. The minimum Gasteiger partial charge on any atom is -0.396 e. The smallest absolute Gasteiger partial charge is 0.310 e. The zero-order valence-electron chi connectivity index (χ0n) is 36.2. The Bertz CT molecular complexity index is 2490. The Morgan fingerprint density at radius 1 is 0.627 bits per heavy atom. The van der Waals surface area contributed by atoms with Crippen LogP contribution in [-0.2, 0) is 0 Å². The molecule has 0 spiro atoms. The molecule has 4 fully saturated rings. The molecule has 4 aliphatic rings. The fourth-order valence-electron chi connectivity index (χ4n) is 9.32. The van der Waals surface area contributed by atoms with Crippen molar-refractivity contribution < 1.29 is 56.4 Å². The van der Waals surface area contributed by atoms with Crippen molar-refractivity contribution in [2.75, 3.05) is 34.8 Å². The number of anilines is 5. The molecule has 67 heavy (non-hydrogen) atoms. The highest BCUT2D eigenvalue weighted by molar-refractivity contribution is 8.46. The standard InChI is InChI=1S/C20H24F7N5S.C14H20ClFN4.C6H5F6NS/c1-20(2)10-12(8-13-4-3-7-32(13)20)29-18-16(22)11-28-19(31-18)30-17-9-14(5-6-15(17)21)33(23,24,25,26)27;1-14(2)7-9(6-10-4-3-5-20(10)14)18-12-11(16)8-17-13(15)19-12;7-5-2-1-4(3-6(5)13)14(8,9,10,11)12/h5-6,9,11-13H,3-4,7-8,10H2,1-2H3,(H2,28,29,30,31);8-10H,3-7H2,1-2H3,(H,17,18,19);1-3H,13H2/t12-,13+;9-,10+;/m11./s1. The molecule has 4 atom stereocenters. The van der Waals surface area contributed by atoms with Crippen LogP contribution in [0, 0.1) is 23.3 Å². The van der Waals surface area contributed by atoms with Gasteiger partial charge in [0.15, 0.2) is 23.3 Å². The number of nitrogen functional groups attached to an aromatic ring is 1. The van der Waals surface area contributed by atoms with Crippen LogP contribution in [0.2, 0.25) is 5.28 Å². The van der Waals surface area contributed by atoms with Gasteiger partial charge in [-0.2, -0.15) is 9.97 Å². The van der Waals surface area contributed by atoms with Gasteiger partial charge < -0.3 is 21.7 Å². The SMILES string of the molecule is CC1(C)C[C@H](Nc2nc(Cl)ncc2F)C[C@@H]2CCCN21.CC1(C)C[C@H](Nc2nc(Nc3cc(S(F)(F)(F)(F)F)ccc3F)ncc2F)C[C@@H]2CCCN21.Nc1cc(S(F)(F)(F)(F)F)ccc1F. The maximum atomic E-state index is 14.4. The lowest BCUT2D eigenvalue weighted by Crippen LogP contribution is -2.55. The molecule has 2 aromatic heterocycles. The molecule has 0 amide bonds. The van der Waals surface area contributed by atoms with E-state index in [4.69, 9.17) is 17.3 Å². The number of piperidine rings is 2. The van der Waals surface area contributed by atoms with E-state index in [2.05, 4.69) is 73.4 Å². The van der Waals surface area contributed by atoms with Crippen molar-refractivity contribution in [1.29, 1.82) is 0 Å². The van der Waals surface area contributed by atoms with E-state index in [1.165, 1.54) is 19.4 Å². The van der Waals surface area contributed by atoms with Gasteiger partial charge in [-0.3, -0.25) is 9.80 Å². The van der Waals surface area contributed by atoms with Crippen LogP contribution < -0.4 is 21.7 Å². The van der Waals surface area contributed by atoms with Gasteiger partial charge in [0.2, 0.25) is 11.2 Å². The van der Waals surface area contributed by atoms with E-state index >= 15 is 0 Å². The van der Waals surface area contributed by atoms with Gasteiger partial charge in [0.05, 0.1) is 23.8 Å². The zero-order valence-corrected chi connectivity index (χ0v) is 38.6. The van der Waals surface area contributed by atoms with Gasteiger partial charge in [-0.25, -0.2) is 27.5 Å². The van der Waals surface area contributed by atoms with Crippen LogP contribution in [0.3, 0.4) is 0 Å². The number of hydrogen-bond acceptors (Lipinski definition) is 10. The Hall–Kier alpha value is -4.27. The van der Waals surface area contributed by atoms with Gasteiger partial charge in [-0.05, 0) is 140 Å². The predicted octanol–water partition coefficient (Wildman–Crippen LogP) is 14.1. The van der Waals surface area contributed by atoms with Crippen LogP contribution in [-0.4, -0.2) is 78.1 Å². The van der Waals surface area contributed by atoms with Crippen LogP contribution >= 0.6 is 32.0 Å². The van der Waals surface area contributed by atoms with Gasteiger partial charge in [-0.1, -0.05) is 38.9 Å². The first-order valence-corrected chi connectivity index (χ1v) is 25.0. The van der Waals surface area contributed by atoms with E-state index in [1.54, 1.807) is 0 Å². The molecule has 4 aliphatic heterocycles. The normalized spacial score (nSPS) is 24.7. The predicted molar refractivity (Wildman–Crippen MR) is 233 cm³/mol. The number of nitrogens with one attached hydrogen (secondary N) is 3. The zero-order chi connectivity index (χ0) is 49.9. The maximum absolute atomic E-state index is 14.4.